The minimum Gasteiger partial charge on any atom is -0.493 e. The minimum absolute atomic E-state index is 0. The van der Waals surface area contributed by atoms with Gasteiger partial charge in [-0.1, -0.05) is 245 Å². The number of hydrogen-bond acceptors (Lipinski definition) is 0. The molecule has 0 saturated heterocycles. The van der Waals surface area contributed by atoms with Gasteiger partial charge in [-0.15, -0.1) is 0 Å². The molecule has 0 saturated carbocycles. The first-order valence-corrected chi connectivity index (χ1v) is 27.7. The fourth-order valence-corrected chi connectivity index (χ4v) is 8.53. The Morgan fingerprint density at radius 2 is 0.862 bits per heavy atom. The van der Waals surface area contributed by atoms with Crippen molar-refractivity contribution in [1.29, 1.82) is 0 Å². The Morgan fingerprint density at radius 1 is 0.431 bits per heavy atom. The van der Waals surface area contributed by atoms with Crippen LogP contribution in [-0.2, 0) is 29.3 Å². The van der Waals surface area contributed by atoms with E-state index >= 15 is 0 Å². The molecule has 370 valence electrons. The van der Waals surface area contributed by atoms with Gasteiger partial charge in [-0.2, -0.15) is 12.8 Å². The molecule has 0 unspecified atom stereocenters. The van der Waals surface area contributed by atoms with Crippen LogP contribution in [0.15, 0.2) is 59.7 Å². The molecule has 0 spiro atoms. The summed E-state index contributed by atoms with van der Waals surface area (Å²) in [6.07, 6.45) is 45.7. The molecule has 3 heteroatoms. The predicted molar refractivity (Wildman–Crippen MR) is 287 cm³/mol. The molecule has 1 aliphatic heterocycles. The Bertz CT molecular complexity index is 1530. The van der Waals surface area contributed by atoms with Crippen molar-refractivity contribution in [3.05, 3.63) is 101 Å². The second-order valence-electron chi connectivity index (χ2n) is 18.8. The van der Waals surface area contributed by atoms with Crippen molar-refractivity contribution in [2.45, 2.75) is 273 Å². The number of unbranched alkanes of at least 4 members (excludes halogenated alkanes) is 27. The summed E-state index contributed by atoms with van der Waals surface area (Å²) in [5, 5.41) is 0. The van der Waals surface area contributed by atoms with Crippen molar-refractivity contribution in [2.24, 2.45) is 0 Å². The smallest absolute Gasteiger partial charge is 0.493 e. The molecule has 0 amide bonds. The van der Waals surface area contributed by atoms with Crippen LogP contribution in [0.25, 0.3) is 16.9 Å². The third kappa shape index (κ3) is 29.8. The first kappa shape index (κ1) is 62.6. The third-order valence-electron chi connectivity index (χ3n) is 12.7. The van der Waals surface area contributed by atoms with E-state index in [1.807, 2.05) is 0 Å². The van der Waals surface area contributed by atoms with E-state index in [2.05, 4.69) is 116 Å². The van der Waals surface area contributed by atoms with Crippen LogP contribution < -0.4 is 0 Å². The van der Waals surface area contributed by atoms with Crippen molar-refractivity contribution in [3.63, 3.8) is 0 Å². The standard InChI is InChI=1S/C52H80N2.2C5H11.Ni/c1-5-9-13-15-17-18-19-20-21-22-23-24-25-26-27-29-32-39-49-50(38-30-11-7-3)52(48-37-33-36-46(44-48)35-31-28-16-14-10-6-2)54(53)51(49)47-42-40-45(41-43-47)34-12-8-4;2*1-3-5-4-2;/h33,36-37,40-44H,5-31,34-35,38H2,1-4H3;2*1,3-5H2,2H3;/q;2*-1;+2. The van der Waals surface area contributed by atoms with Gasteiger partial charge in [0.2, 0.25) is 11.4 Å². The zero-order valence-corrected chi connectivity index (χ0v) is 44.7. The van der Waals surface area contributed by atoms with Gasteiger partial charge < -0.3 is 19.4 Å². The fraction of sp³-hybridized carbons (Fsp3) is 0.677. The molecule has 2 aromatic carbocycles. The Balaban J connectivity index is 0.00000334. The number of hydrogen-bond donors (Lipinski definition) is 0. The average Bonchev–Trinajstić information content (AvgIpc) is 3.59. The number of benzene rings is 2. The monoisotopic (exact) mass is 933 g/mol. The maximum absolute atomic E-state index is 12.1. The van der Waals surface area contributed by atoms with Gasteiger partial charge >= 0.3 is 16.5 Å². The van der Waals surface area contributed by atoms with E-state index < -0.39 is 0 Å². The molecule has 2 nitrogen and oxygen atoms in total. The molecule has 0 radical (unpaired) electrons. The number of aryl methyl sites for hydroxylation is 2. The summed E-state index contributed by atoms with van der Waals surface area (Å²) in [5.41, 5.74) is 21.1. The Kier molecular flexibility index (Phi) is 43.7. The summed E-state index contributed by atoms with van der Waals surface area (Å²) in [6, 6.07) is 17.9. The van der Waals surface area contributed by atoms with E-state index in [0.29, 0.717) is 0 Å². The van der Waals surface area contributed by atoms with Crippen molar-refractivity contribution >= 4 is 11.4 Å². The van der Waals surface area contributed by atoms with Crippen LogP contribution in [0.3, 0.4) is 0 Å². The molecule has 0 aliphatic carbocycles. The van der Waals surface area contributed by atoms with Gasteiger partial charge in [0.05, 0.1) is 0 Å². The van der Waals surface area contributed by atoms with Gasteiger partial charge in [-0.05, 0) is 80.3 Å². The summed E-state index contributed by atoms with van der Waals surface area (Å²) in [5.74, 6) is 7.29. The maximum atomic E-state index is 12.1. The van der Waals surface area contributed by atoms with Crippen LogP contribution in [0, 0.1) is 25.7 Å². The normalized spacial score (nSPS) is 12.0. The van der Waals surface area contributed by atoms with Crippen LogP contribution in [-0.4, -0.2) is 4.70 Å². The van der Waals surface area contributed by atoms with Gasteiger partial charge in [0.1, 0.15) is 5.57 Å². The van der Waals surface area contributed by atoms with Crippen molar-refractivity contribution in [1.82, 2.24) is 0 Å². The first-order chi connectivity index (χ1) is 31.5. The molecule has 1 aliphatic rings. The van der Waals surface area contributed by atoms with Gasteiger partial charge in [0, 0.05) is 23.1 Å². The molecule has 0 aromatic heterocycles. The first-order valence-electron chi connectivity index (χ1n) is 27.7. The van der Waals surface area contributed by atoms with Crippen LogP contribution in [0.5, 0.6) is 0 Å². The van der Waals surface area contributed by atoms with E-state index in [1.54, 1.807) is 0 Å². The SMILES string of the molecule is CCCCCCCCCCCCCCCCCC#CC1=C(c2ccc(CCCC)cc2)[N+](=[N-])C(c2cccc(CCCCCCCC)c2)=C1CCCCC.[CH2-]CCCC.[CH2-]CCCC.[Ni+2]. The van der Waals surface area contributed by atoms with Gasteiger partial charge in [0.25, 0.3) is 0 Å². The molecule has 1 heterocycles. The molecule has 0 atom stereocenters. The Morgan fingerprint density at radius 3 is 1.34 bits per heavy atom. The van der Waals surface area contributed by atoms with E-state index in [-0.39, 0.29) is 16.5 Å². The summed E-state index contributed by atoms with van der Waals surface area (Å²) >= 11 is 0. The van der Waals surface area contributed by atoms with Gasteiger partial charge in [-0.25, -0.2) is 4.70 Å². The van der Waals surface area contributed by atoms with Crippen LogP contribution in [0.2, 0.25) is 0 Å². The van der Waals surface area contributed by atoms with Crippen molar-refractivity contribution in [3.8, 4) is 11.8 Å². The van der Waals surface area contributed by atoms with Gasteiger partial charge in [-0.3, -0.25) is 0 Å². The van der Waals surface area contributed by atoms with E-state index in [9.17, 15) is 5.53 Å². The van der Waals surface area contributed by atoms with E-state index in [4.69, 9.17) is 0 Å². The summed E-state index contributed by atoms with van der Waals surface area (Å²) < 4.78 is 1.50. The second kappa shape index (κ2) is 45.4. The number of nitrogens with zero attached hydrogens (tertiary/aromatic N) is 2. The summed E-state index contributed by atoms with van der Waals surface area (Å²) in [7, 11) is 0. The summed E-state index contributed by atoms with van der Waals surface area (Å²) in [4.78, 5) is 0. The second-order valence-corrected chi connectivity index (χ2v) is 18.8. The van der Waals surface area contributed by atoms with E-state index in [0.717, 1.165) is 79.5 Å². The quantitative estimate of drug-likeness (QED) is 0.0216. The van der Waals surface area contributed by atoms with Gasteiger partial charge in [0.15, 0.2) is 0 Å². The molecular weight excluding hydrogens is 831 g/mol. The van der Waals surface area contributed by atoms with Crippen molar-refractivity contribution in [2.75, 3.05) is 0 Å². The van der Waals surface area contributed by atoms with E-state index in [1.165, 1.54) is 201 Å². The minimum atomic E-state index is 0. The number of rotatable bonds is 35. The van der Waals surface area contributed by atoms with Crippen LogP contribution in [0.4, 0.5) is 0 Å². The molecule has 0 bridgehead atoms. The molecule has 3 rings (SSSR count). The maximum Gasteiger partial charge on any atom is 2.00 e. The number of allylic oxidation sites excluding steroid dienone is 2. The average molecular weight is 934 g/mol. The molecule has 65 heavy (non-hydrogen) atoms. The summed E-state index contributed by atoms with van der Waals surface area (Å²) in [6.45, 7) is 20.8. The zero-order chi connectivity index (χ0) is 46.7. The molecular formula is C62H102N2Ni. The predicted octanol–water partition coefficient (Wildman–Crippen LogP) is 21.0. The fourth-order valence-electron chi connectivity index (χ4n) is 8.53. The Hall–Kier alpha value is -2.43. The third-order valence-corrected chi connectivity index (χ3v) is 12.7. The topological polar surface area (TPSA) is 25.3 Å². The largest absolute Gasteiger partial charge is 2.00 e. The molecule has 0 fully saturated rings. The zero-order valence-electron chi connectivity index (χ0n) is 43.7. The molecule has 0 N–H and O–H groups in total. The van der Waals surface area contributed by atoms with Crippen LogP contribution >= 0.6 is 0 Å². The molecule has 2 aromatic rings. The van der Waals surface area contributed by atoms with Crippen molar-refractivity contribution < 1.29 is 21.2 Å². The van der Waals surface area contributed by atoms with Crippen LogP contribution in [0.1, 0.15) is 282 Å². The Labute approximate surface area is 416 Å².